The zero-order valence-electron chi connectivity index (χ0n) is 11.7. The van der Waals surface area contributed by atoms with Crippen molar-refractivity contribution in [3.05, 3.63) is 18.1 Å². The van der Waals surface area contributed by atoms with Crippen LogP contribution in [0.5, 0.6) is 0 Å². The Morgan fingerprint density at radius 2 is 2.22 bits per heavy atom. The number of hydrogen-bond donors (Lipinski definition) is 1. The Morgan fingerprint density at radius 1 is 1.39 bits per heavy atom. The van der Waals surface area contributed by atoms with Gasteiger partial charge in [-0.2, -0.15) is 0 Å². The van der Waals surface area contributed by atoms with E-state index in [1.165, 1.54) is 12.8 Å². The molecule has 0 aliphatic carbocycles. The molecule has 0 radical (unpaired) electrons. The topological polar surface area (TPSA) is 41.1 Å². The van der Waals surface area contributed by atoms with Crippen molar-refractivity contribution >= 4 is 5.82 Å². The average molecular weight is 248 g/mol. The molecule has 0 amide bonds. The second kappa shape index (κ2) is 6.14. The van der Waals surface area contributed by atoms with Crippen molar-refractivity contribution in [3.63, 3.8) is 0 Å². The predicted molar refractivity (Wildman–Crippen MR) is 74.6 cm³/mol. The molecule has 0 spiro atoms. The highest BCUT2D eigenvalue weighted by atomic mass is 15.2. The maximum Gasteiger partial charge on any atom is 0.147 e. The highest BCUT2D eigenvalue weighted by Crippen LogP contribution is 2.27. The molecule has 18 heavy (non-hydrogen) atoms. The van der Waals surface area contributed by atoms with E-state index in [2.05, 4.69) is 41.0 Å². The molecule has 1 unspecified atom stereocenters. The maximum atomic E-state index is 4.57. The fourth-order valence-electron chi connectivity index (χ4n) is 2.61. The first-order valence-corrected chi connectivity index (χ1v) is 7.00. The normalized spacial score (nSPS) is 19.8. The Labute approximate surface area is 110 Å². The van der Waals surface area contributed by atoms with Crippen molar-refractivity contribution < 1.29 is 0 Å². The van der Waals surface area contributed by atoms with Crippen molar-refractivity contribution in [3.8, 4) is 0 Å². The predicted octanol–water partition coefficient (Wildman–Crippen LogP) is 2.21. The van der Waals surface area contributed by atoms with Gasteiger partial charge in [0.25, 0.3) is 0 Å². The molecule has 0 saturated carbocycles. The van der Waals surface area contributed by atoms with E-state index in [-0.39, 0.29) is 0 Å². The van der Waals surface area contributed by atoms with Crippen LogP contribution in [-0.4, -0.2) is 29.1 Å². The van der Waals surface area contributed by atoms with E-state index >= 15 is 0 Å². The van der Waals surface area contributed by atoms with Crippen LogP contribution in [-0.2, 0) is 6.54 Å². The highest BCUT2D eigenvalue weighted by Gasteiger charge is 2.28. The van der Waals surface area contributed by atoms with E-state index < -0.39 is 0 Å². The molecule has 1 saturated heterocycles. The Hall–Kier alpha value is -1.16. The smallest absolute Gasteiger partial charge is 0.147 e. The summed E-state index contributed by atoms with van der Waals surface area (Å²) in [6.45, 7) is 9.55. The lowest BCUT2D eigenvalue weighted by atomic mass is 10.0. The molecule has 4 heteroatoms. The van der Waals surface area contributed by atoms with E-state index in [0.29, 0.717) is 12.0 Å². The van der Waals surface area contributed by atoms with Gasteiger partial charge in [0, 0.05) is 19.1 Å². The highest BCUT2D eigenvalue weighted by molar-refractivity contribution is 5.39. The van der Waals surface area contributed by atoms with Gasteiger partial charge in [-0.3, -0.25) is 4.98 Å². The van der Waals surface area contributed by atoms with Crippen molar-refractivity contribution in [2.75, 3.05) is 18.0 Å². The Bertz CT molecular complexity index is 361. The quantitative estimate of drug-likeness (QED) is 0.867. The third kappa shape index (κ3) is 2.99. The lowest BCUT2D eigenvalue weighted by Crippen LogP contribution is -2.34. The molecule has 1 aliphatic heterocycles. The van der Waals surface area contributed by atoms with E-state index in [0.717, 1.165) is 31.1 Å². The summed E-state index contributed by atoms with van der Waals surface area (Å²) in [5.41, 5.74) is 1.01. The molecule has 0 bridgehead atoms. The van der Waals surface area contributed by atoms with Crippen LogP contribution in [0.2, 0.25) is 0 Å². The van der Waals surface area contributed by atoms with Crippen LogP contribution in [0.3, 0.4) is 0 Å². The van der Waals surface area contributed by atoms with E-state index in [1.807, 2.05) is 12.4 Å². The standard InChI is InChI=1S/C14H24N4/c1-4-15-8-12-9-17-14(10-16-12)18-7-5-6-13(18)11(2)3/h9-11,13,15H,4-8H2,1-3H3. The van der Waals surface area contributed by atoms with Gasteiger partial charge in [0.1, 0.15) is 5.82 Å². The van der Waals surface area contributed by atoms with Gasteiger partial charge < -0.3 is 10.2 Å². The van der Waals surface area contributed by atoms with Gasteiger partial charge in [-0.05, 0) is 25.3 Å². The van der Waals surface area contributed by atoms with Crippen molar-refractivity contribution in [1.82, 2.24) is 15.3 Å². The molecular weight excluding hydrogens is 224 g/mol. The largest absolute Gasteiger partial charge is 0.352 e. The minimum Gasteiger partial charge on any atom is -0.352 e. The number of nitrogens with one attached hydrogen (secondary N) is 1. The summed E-state index contributed by atoms with van der Waals surface area (Å²) in [5, 5.41) is 3.26. The van der Waals surface area contributed by atoms with Gasteiger partial charge in [0.15, 0.2) is 0 Å². The van der Waals surface area contributed by atoms with E-state index in [4.69, 9.17) is 0 Å². The maximum absolute atomic E-state index is 4.57. The lowest BCUT2D eigenvalue weighted by molar-refractivity contribution is 0.489. The number of aromatic nitrogens is 2. The molecule has 100 valence electrons. The summed E-state index contributed by atoms with van der Waals surface area (Å²) >= 11 is 0. The molecule has 1 fully saturated rings. The Morgan fingerprint density at radius 3 is 2.83 bits per heavy atom. The summed E-state index contributed by atoms with van der Waals surface area (Å²) < 4.78 is 0. The molecule has 1 aromatic rings. The molecule has 2 heterocycles. The number of nitrogens with zero attached hydrogens (tertiary/aromatic N) is 3. The molecule has 1 aliphatic rings. The summed E-state index contributed by atoms with van der Waals surface area (Å²) in [4.78, 5) is 11.5. The number of hydrogen-bond acceptors (Lipinski definition) is 4. The van der Waals surface area contributed by atoms with Crippen LogP contribution in [0.15, 0.2) is 12.4 Å². The zero-order valence-corrected chi connectivity index (χ0v) is 11.7. The van der Waals surface area contributed by atoms with Crippen LogP contribution in [0.25, 0.3) is 0 Å². The van der Waals surface area contributed by atoms with Gasteiger partial charge in [-0.15, -0.1) is 0 Å². The molecular formula is C14H24N4. The van der Waals surface area contributed by atoms with Crippen LogP contribution >= 0.6 is 0 Å². The minimum absolute atomic E-state index is 0.624. The third-order valence-corrected chi connectivity index (χ3v) is 3.61. The zero-order chi connectivity index (χ0) is 13.0. The van der Waals surface area contributed by atoms with Crippen LogP contribution in [0.1, 0.15) is 39.3 Å². The molecule has 1 atom stereocenters. The Kier molecular flexibility index (Phi) is 4.53. The first-order valence-electron chi connectivity index (χ1n) is 7.00. The third-order valence-electron chi connectivity index (χ3n) is 3.61. The molecule has 4 nitrogen and oxygen atoms in total. The van der Waals surface area contributed by atoms with Crippen LogP contribution < -0.4 is 10.2 Å². The first-order chi connectivity index (χ1) is 8.72. The number of anilines is 1. The molecule has 0 aromatic carbocycles. The fraction of sp³-hybridized carbons (Fsp3) is 0.714. The lowest BCUT2D eigenvalue weighted by Gasteiger charge is -2.28. The summed E-state index contributed by atoms with van der Waals surface area (Å²) in [7, 11) is 0. The average Bonchev–Trinajstić information content (AvgIpc) is 2.86. The van der Waals surface area contributed by atoms with Gasteiger partial charge in [0.2, 0.25) is 0 Å². The van der Waals surface area contributed by atoms with Gasteiger partial charge >= 0.3 is 0 Å². The molecule has 1 aromatic heterocycles. The monoisotopic (exact) mass is 248 g/mol. The van der Waals surface area contributed by atoms with Crippen LogP contribution in [0.4, 0.5) is 5.82 Å². The Balaban J connectivity index is 2.04. The molecule has 1 N–H and O–H groups in total. The summed E-state index contributed by atoms with van der Waals surface area (Å²) in [5.74, 6) is 1.71. The SMILES string of the molecule is CCNCc1cnc(N2CCCC2C(C)C)cn1. The second-order valence-electron chi connectivity index (χ2n) is 5.29. The van der Waals surface area contributed by atoms with Gasteiger partial charge in [0.05, 0.1) is 18.1 Å². The van der Waals surface area contributed by atoms with Crippen LogP contribution in [0, 0.1) is 5.92 Å². The summed E-state index contributed by atoms with van der Waals surface area (Å²) in [6, 6.07) is 0.624. The van der Waals surface area contributed by atoms with Crippen molar-refractivity contribution in [1.29, 1.82) is 0 Å². The second-order valence-corrected chi connectivity index (χ2v) is 5.29. The molecule has 2 rings (SSSR count). The minimum atomic E-state index is 0.624. The van der Waals surface area contributed by atoms with E-state index in [1.54, 1.807) is 0 Å². The van der Waals surface area contributed by atoms with Gasteiger partial charge in [-0.25, -0.2) is 4.98 Å². The van der Waals surface area contributed by atoms with Crippen molar-refractivity contribution in [2.24, 2.45) is 5.92 Å². The first kappa shape index (κ1) is 13.3. The number of rotatable bonds is 5. The van der Waals surface area contributed by atoms with Crippen molar-refractivity contribution in [2.45, 2.75) is 46.2 Å². The summed E-state index contributed by atoms with van der Waals surface area (Å²) in [6.07, 6.45) is 6.36. The fourth-order valence-corrected chi connectivity index (χ4v) is 2.61. The van der Waals surface area contributed by atoms with E-state index in [9.17, 15) is 0 Å². The van der Waals surface area contributed by atoms with Gasteiger partial charge in [-0.1, -0.05) is 20.8 Å².